The first-order chi connectivity index (χ1) is 17.2. The second kappa shape index (κ2) is 7.91. The number of hydrogen-bond donors (Lipinski definition) is 0. The first-order valence-corrected chi connectivity index (χ1v) is 11.7. The second-order valence-electron chi connectivity index (χ2n) is 10.1. The maximum Gasteiger partial charge on any atom is 0.282 e. The summed E-state index contributed by atoms with van der Waals surface area (Å²) in [6, 6.07) is 8.52. The fraction of sp³-hybridized carbons (Fsp3) is 0.346. The number of nitrogens with zero attached hydrogens (tertiary/aromatic N) is 6. The minimum atomic E-state index is -2.70. The second-order valence-corrected chi connectivity index (χ2v) is 10.1. The molecular formula is C26H22F4N6. The van der Waals surface area contributed by atoms with Gasteiger partial charge in [0.2, 0.25) is 0 Å². The Morgan fingerprint density at radius 2 is 1.83 bits per heavy atom. The molecule has 0 spiro atoms. The van der Waals surface area contributed by atoms with Crippen molar-refractivity contribution in [1.29, 1.82) is 0 Å². The lowest BCUT2D eigenvalue weighted by Gasteiger charge is -2.56. The largest absolute Gasteiger partial charge is 0.282 e. The number of benzene rings is 1. The fourth-order valence-electron chi connectivity index (χ4n) is 6.10. The van der Waals surface area contributed by atoms with Gasteiger partial charge in [0.15, 0.2) is 0 Å². The maximum atomic E-state index is 14.5. The zero-order valence-corrected chi connectivity index (χ0v) is 19.6. The van der Waals surface area contributed by atoms with Crippen molar-refractivity contribution in [1.82, 2.24) is 29.9 Å². The van der Waals surface area contributed by atoms with Crippen LogP contribution in [0, 0.1) is 17.0 Å². The Hall–Kier alpha value is -3.69. The summed E-state index contributed by atoms with van der Waals surface area (Å²) in [5.74, 6) is -1.04. The van der Waals surface area contributed by atoms with Crippen LogP contribution in [0.15, 0.2) is 48.8 Å². The number of hydrogen-bond acceptors (Lipinski definition) is 5. The molecule has 0 N–H and O–H groups in total. The van der Waals surface area contributed by atoms with Gasteiger partial charge in [0.1, 0.15) is 17.3 Å². The van der Waals surface area contributed by atoms with Gasteiger partial charge in [-0.25, -0.2) is 32.2 Å². The van der Waals surface area contributed by atoms with Gasteiger partial charge in [-0.1, -0.05) is 19.9 Å². The van der Waals surface area contributed by atoms with E-state index in [0.29, 0.717) is 5.69 Å². The maximum absolute atomic E-state index is 14.5. The first-order valence-electron chi connectivity index (χ1n) is 11.7. The van der Waals surface area contributed by atoms with Gasteiger partial charge in [0.05, 0.1) is 28.1 Å². The highest BCUT2D eigenvalue weighted by Crippen LogP contribution is 2.63. The number of halogens is 4. The van der Waals surface area contributed by atoms with Gasteiger partial charge in [0, 0.05) is 12.4 Å². The monoisotopic (exact) mass is 494 g/mol. The molecule has 6 nitrogen and oxygen atoms in total. The molecule has 3 aliphatic carbocycles. The summed E-state index contributed by atoms with van der Waals surface area (Å²) in [5.41, 5.74) is 1.01. The molecule has 3 aromatic heterocycles. The molecule has 3 aliphatic rings. The standard InChI is InChI=1S/C26H22F4N6/c1-25(2)13-14-6-9-26(25,20-7-10-31-24(32-20)36-11-8-18(35-36)23(29)30)22-15(14)12-19(33-34-22)21-16(27)4-3-5-17(21)28/h3-5,7-8,10-12,14,23H,6,9,13H2,1-2H3/t14-,26+/m1/s1. The molecule has 0 amide bonds. The molecule has 2 atom stereocenters. The van der Waals surface area contributed by atoms with Gasteiger partial charge in [-0.15, -0.1) is 5.10 Å². The van der Waals surface area contributed by atoms with Crippen LogP contribution in [-0.4, -0.2) is 29.9 Å². The summed E-state index contributed by atoms with van der Waals surface area (Å²) >= 11 is 0. The summed E-state index contributed by atoms with van der Waals surface area (Å²) in [6.45, 7) is 4.30. The van der Waals surface area contributed by atoms with Gasteiger partial charge >= 0.3 is 0 Å². The molecule has 184 valence electrons. The summed E-state index contributed by atoms with van der Waals surface area (Å²) in [4.78, 5) is 9.02. The predicted octanol–water partition coefficient (Wildman–Crippen LogP) is 5.93. The van der Waals surface area contributed by atoms with E-state index in [0.717, 1.165) is 30.5 Å². The Bertz CT molecular complexity index is 1460. The van der Waals surface area contributed by atoms with Crippen molar-refractivity contribution >= 4 is 0 Å². The van der Waals surface area contributed by atoms with Crippen LogP contribution in [0.5, 0.6) is 0 Å². The Morgan fingerprint density at radius 1 is 1.06 bits per heavy atom. The summed E-state index contributed by atoms with van der Waals surface area (Å²) in [5, 5.41) is 12.7. The quantitative estimate of drug-likeness (QED) is 0.329. The van der Waals surface area contributed by atoms with E-state index in [1.54, 1.807) is 12.3 Å². The van der Waals surface area contributed by atoms with Gasteiger partial charge < -0.3 is 0 Å². The van der Waals surface area contributed by atoms with Crippen LogP contribution in [0.4, 0.5) is 17.6 Å². The lowest BCUT2D eigenvalue weighted by Crippen LogP contribution is -2.53. The van der Waals surface area contributed by atoms with Gasteiger partial charge in [-0.2, -0.15) is 10.2 Å². The molecule has 0 radical (unpaired) electrons. The van der Waals surface area contributed by atoms with Crippen molar-refractivity contribution in [3.8, 4) is 17.2 Å². The molecule has 10 heteroatoms. The van der Waals surface area contributed by atoms with Crippen molar-refractivity contribution in [2.24, 2.45) is 5.41 Å². The highest BCUT2D eigenvalue weighted by Gasteiger charge is 2.59. The van der Waals surface area contributed by atoms with Gasteiger partial charge in [-0.3, -0.25) is 0 Å². The normalized spacial score (nSPS) is 22.1. The third-order valence-electron chi connectivity index (χ3n) is 7.78. The smallest absolute Gasteiger partial charge is 0.220 e. The minimum absolute atomic E-state index is 0.157. The topological polar surface area (TPSA) is 69.4 Å². The highest BCUT2D eigenvalue weighted by atomic mass is 19.3. The van der Waals surface area contributed by atoms with Crippen molar-refractivity contribution in [3.63, 3.8) is 0 Å². The van der Waals surface area contributed by atoms with Crippen LogP contribution >= 0.6 is 0 Å². The molecule has 3 heterocycles. The van der Waals surface area contributed by atoms with Crippen LogP contribution in [0.25, 0.3) is 17.2 Å². The highest BCUT2D eigenvalue weighted by molar-refractivity contribution is 5.63. The average Bonchev–Trinajstić information content (AvgIpc) is 3.35. The van der Waals surface area contributed by atoms with E-state index in [9.17, 15) is 17.6 Å². The van der Waals surface area contributed by atoms with Crippen molar-refractivity contribution < 1.29 is 17.6 Å². The molecular weight excluding hydrogens is 472 g/mol. The van der Waals surface area contributed by atoms with E-state index < -0.39 is 23.5 Å². The van der Waals surface area contributed by atoms with E-state index in [-0.39, 0.29) is 34.2 Å². The first kappa shape index (κ1) is 22.8. The number of rotatable bonds is 4. The Labute approximate surface area is 204 Å². The van der Waals surface area contributed by atoms with E-state index in [1.165, 1.54) is 35.1 Å². The zero-order valence-electron chi connectivity index (χ0n) is 19.6. The van der Waals surface area contributed by atoms with Gasteiger partial charge in [0.25, 0.3) is 12.4 Å². The van der Waals surface area contributed by atoms with E-state index in [1.807, 2.05) is 6.07 Å². The third-order valence-corrected chi connectivity index (χ3v) is 7.78. The van der Waals surface area contributed by atoms with Crippen LogP contribution in [0.1, 0.15) is 68.1 Å². The van der Waals surface area contributed by atoms with Crippen LogP contribution in [-0.2, 0) is 5.41 Å². The lowest BCUT2D eigenvalue weighted by molar-refractivity contribution is 0.0810. The number of aromatic nitrogens is 6. The van der Waals surface area contributed by atoms with Crippen LogP contribution < -0.4 is 0 Å². The average molecular weight is 494 g/mol. The molecule has 0 saturated heterocycles. The summed E-state index contributed by atoms with van der Waals surface area (Å²) in [7, 11) is 0. The van der Waals surface area contributed by atoms with Crippen LogP contribution in [0.3, 0.4) is 0 Å². The molecule has 0 unspecified atom stereocenters. The van der Waals surface area contributed by atoms with Gasteiger partial charge in [-0.05, 0) is 66.5 Å². The SMILES string of the molecule is CC1(C)C[C@H]2CC[C@]1(c1ccnc(-n3ccc(C(F)F)n3)n1)c1nnc(-c3c(F)cccc3F)cc12. The molecule has 0 aliphatic heterocycles. The Morgan fingerprint density at radius 3 is 2.53 bits per heavy atom. The predicted molar refractivity (Wildman–Crippen MR) is 123 cm³/mol. The van der Waals surface area contributed by atoms with Crippen molar-refractivity contribution in [3.05, 3.63) is 83.1 Å². The molecule has 2 bridgehead atoms. The Kier molecular flexibility index (Phi) is 5.00. The number of alkyl halides is 2. The molecule has 1 aromatic carbocycles. The molecule has 36 heavy (non-hydrogen) atoms. The third kappa shape index (κ3) is 3.19. The van der Waals surface area contributed by atoms with E-state index in [4.69, 9.17) is 4.98 Å². The Balaban J connectivity index is 1.51. The summed E-state index contributed by atoms with van der Waals surface area (Å²) in [6.07, 6.45) is 2.71. The van der Waals surface area contributed by atoms with Crippen molar-refractivity contribution in [2.45, 2.75) is 50.9 Å². The van der Waals surface area contributed by atoms with E-state index in [2.05, 4.69) is 34.1 Å². The lowest BCUT2D eigenvalue weighted by atomic mass is 9.47. The fourth-order valence-corrected chi connectivity index (χ4v) is 6.10. The molecule has 7 rings (SSSR count). The number of fused-ring (bicyclic) bond motifs is 2. The molecule has 1 saturated carbocycles. The van der Waals surface area contributed by atoms with E-state index >= 15 is 0 Å². The minimum Gasteiger partial charge on any atom is -0.220 e. The van der Waals surface area contributed by atoms with Crippen molar-refractivity contribution in [2.75, 3.05) is 0 Å². The zero-order chi connectivity index (χ0) is 25.2. The molecule has 1 fully saturated rings. The molecule has 4 aromatic rings. The van der Waals surface area contributed by atoms with Crippen LogP contribution in [0.2, 0.25) is 0 Å². The summed E-state index contributed by atoms with van der Waals surface area (Å²) < 4.78 is 56.4.